The van der Waals surface area contributed by atoms with Gasteiger partial charge in [-0.15, -0.1) is 0 Å². The molecule has 1 aliphatic rings. The average molecular weight is 578 g/mol. The van der Waals surface area contributed by atoms with Gasteiger partial charge in [-0.2, -0.15) is 0 Å². The summed E-state index contributed by atoms with van der Waals surface area (Å²) in [4.78, 5) is 0. The number of aryl methyl sites for hydroxylation is 3. The smallest absolute Gasteiger partial charge is 0.122 e. The predicted octanol–water partition coefficient (Wildman–Crippen LogP) is 10.4. The van der Waals surface area contributed by atoms with Crippen molar-refractivity contribution in [3.8, 4) is 17.0 Å². The monoisotopic (exact) mass is 577 g/mol. The number of hydrogen-bond donors (Lipinski definition) is 0. The quantitative estimate of drug-likeness (QED) is 0.0982. The minimum atomic E-state index is -2.26. The highest BCUT2D eigenvalue weighted by Gasteiger charge is 2.50. The van der Waals surface area contributed by atoms with Crippen LogP contribution < -0.4 is 9.92 Å². The van der Waals surface area contributed by atoms with Crippen LogP contribution in [0, 0.1) is 13.8 Å². The number of nitrogens with zero attached hydrogens (tertiary/aromatic N) is 1. The lowest BCUT2D eigenvalue weighted by molar-refractivity contribution is 0.353. The van der Waals surface area contributed by atoms with Crippen molar-refractivity contribution in [2.24, 2.45) is 0 Å². The molecule has 1 unspecified atom stereocenters. The van der Waals surface area contributed by atoms with Gasteiger partial charge in [0.2, 0.25) is 0 Å². The third kappa shape index (κ3) is 4.98. The Labute approximate surface area is 255 Å². The van der Waals surface area contributed by atoms with E-state index in [9.17, 15) is 0 Å². The molecule has 1 atom stereocenters. The van der Waals surface area contributed by atoms with Crippen molar-refractivity contribution < 1.29 is 4.74 Å². The SMILES string of the molecule is C=CCOc1c(C(C)(C)C)cc(C)cc1[Si](CC)(CC)C1c2ccccc2-c2c1c1cc(C)ccc1n2CCCCC. The Bertz CT molecular complexity index is 1600. The van der Waals surface area contributed by atoms with E-state index in [0.717, 1.165) is 24.4 Å². The van der Waals surface area contributed by atoms with Crippen molar-refractivity contribution in [3.63, 3.8) is 0 Å². The molecule has 0 radical (unpaired) electrons. The normalized spacial score (nSPS) is 14.7. The van der Waals surface area contributed by atoms with Crippen molar-refractivity contribution in [3.05, 3.63) is 95.1 Å². The van der Waals surface area contributed by atoms with Gasteiger partial charge in [-0.05, 0) is 59.7 Å². The summed E-state index contributed by atoms with van der Waals surface area (Å²) >= 11 is 0. The molecule has 3 aromatic carbocycles. The highest BCUT2D eigenvalue weighted by Crippen LogP contribution is 2.55. The molecule has 0 amide bonds. The second-order valence-corrected chi connectivity index (χ2v) is 18.4. The van der Waals surface area contributed by atoms with Gasteiger partial charge in [0, 0.05) is 28.6 Å². The van der Waals surface area contributed by atoms with Crippen molar-refractivity contribution in [1.82, 2.24) is 4.57 Å². The van der Waals surface area contributed by atoms with E-state index < -0.39 is 8.07 Å². The molecule has 1 heterocycles. The fourth-order valence-corrected chi connectivity index (χ4v) is 13.0. The van der Waals surface area contributed by atoms with Gasteiger partial charge in [-0.3, -0.25) is 0 Å². The summed E-state index contributed by atoms with van der Waals surface area (Å²) in [6.45, 7) is 24.3. The van der Waals surface area contributed by atoms with Crippen LogP contribution in [0.25, 0.3) is 22.2 Å². The van der Waals surface area contributed by atoms with E-state index in [1.165, 1.54) is 68.9 Å². The zero-order chi connectivity index (χ0) is 30.2. The molecule has 3 heteroatoms. The van der Waals surface area contributed by atoms with E-state index in [1.807, 2.05) is 6.08 Å². The molecule has 0 aliphatic heterocycles. The lowest BCUT2D eigenvalue weighted by Gasteiger charge is -2.40. The van der Waals surface area contributed by atoms with Crippen LogP contribution in [-0.4, -0.2) is 19.2 Å². The van der Waals surface area contributed by atoms with E-state index in [-0.39, 0.29) is 5.41 Å². The average Bonchev–Trinajstić information content (AvgIpc) is 3.46. The van der Waals surface area contributed by atoms with Crippen LogP contribution in [0.5, 0.6) is 5.75 Å². The van der Waals surface area contributed by atoms with Crippen LogP contribution in [0.1, 0.15) is 94.2 Å². The molecule has 0 saturated carbocycles. The first-order valence-corrected chi connectivity index (χ1v) is 18.7. The Kier molecular flexibility index (Phi) is 8.63. The molecular formula is C39H51NOSi. The Morgan fingerprint density at radius 2 is 1.67 bits per heavy atom. The van der Waals surface area contributed by atoms with Crippen molar-refractivity contribution in [1.29, 1.82) is 0 Å². The van der Waals surface area contributed by atoms with Gasteiger partial charge in [0.15, 0.2) is 0 Å². The van der Waals surface area contributed by atoms with Crippen LogP contribution in [0.2, 0.25) is 12.1 Å². The first-order valence-electron chi connectivity index (χ1n) is 16.2. The standard InChI is InChI=1S/C39H51NOSi/c1-10-14-17-22-40-33-21-20-27(5)24-31(33)35-36(40)29-18-15-16-19-30(29)38(35)42(12-3,13-4)34-26-28(6)25-32(39(7,8)9)37(34)41-23-11-2/h11,15-16,18-21,24-26,38H,2,10,12-14,17,22-23H2,1,3-9H3. The second kappa shape index (κ2) is 11.9. The first-order chi connectivity index (χ1) is 20.1. The largest absolute Gasteiger partial charge is 0.489 e. The van der Waals surface area contributed by atoms with E-state index in [2.05, 4.69) is 121 Å². The van der Waals surface area contributed by atoms with E-state index in [0.29, 0.717) is 12.1 Å². The molecule has 222 valence electrons. The minimum absolute atomic E-state index is 0.0238. The van der Waals surface area contributed by atoms with Crippen molar-refractivity contribution in [2.45, 2.75) is 104 Å². The summed E-state index contributed by atoms with van der Waals surface area (Å²) in [5, 5.41) is 2.95. The second-order valence-electron chi connectivity index (χ2n) is 13.6. The Hall–Kier alpha value is -3.04. The number of hydrogen-bond acceptors (Lipinski definition) is 1. The Morgan fingerprint density at radius 1 is 0.929 bits per heavy atom. The van der Waals surface area contributed by atoms with Gasteiger partial charge in [0.25, 0.3) is 0 Å². The maximum Gasteiger partial charge on any atom is 0.122 e. The molecule has 2 nitrogen and oxygen atoms in total. The minimum Gasteiger partial charge on any atom is -0.489 e. The Morgan fingerprint density at radius 3 is 2.33 bits per heavy atom. The third-order valence-electron chi connectivity index (χ3n) is 9.80. The van der Waals surface area contributed by atoms with Gasteiger partial charge in [0.1, 0.15) is 20.4 Å². The predicted molar refractivity (Wildman–Crippen MR) is 185 cm³/mol. The molecule has 42 heavy (non-hydrogen) atoms. The zero-order valence-electron chi connectivity index (χ0n) is 27.4. The van der Waals surface area contributed by atoms with Crippen LogP contribution >= 0.6 is 0 Å². The fourth-order valence-electron chi connectivity index (χ4n) is 7.72. The number of aromatic nitrogens is 1. The molecule has 0 spiro atoms. The number of unbranched alkanes of at least 4 members (excludes halogenated alkanes) is 2. The summed E-state index contributed by atoms with van der Waals surface area (Å²) in [6.07, 6.45) is 5.60. The fraction of sp³-hybridized carbons (Fsp3) is 0.436. The van der Waals surface area contributed by atoms with E-state index in [1.54, 1.807) is 5.56 Å². The summed E-state index contributed by atoms with van der Waals surface area (Å²) in [5.41, 5.74) is 11.8. The van der Waals surface area contributed by atoms with Gasteiger partial charge in [0.05, 0.1) is 5.69 Å². The Balaban J connectivity index is 1.88. The summed E-state index contributed by atoms with van der Waals surface area (Å²) in [6, 6.07) is 23.7. The lowest BCUT2D eigenvalue weighted by Crippen LogP contribution is -2.53. The molecule has 0 fully saturated rings. The van der Waals surface area contributed by atoms with E-state index in [4.69, 9.17) is 4.74 Å². The van der Waals surface area contributed by atoms with Crippen LogP contribution in [0.3, 0.4) is 0 Å². The molecule has 4 aromatic rings. The molecule has 1 aliphatic carbocycles. The van der Waals surface area contributed by atoms with Gasteiger partial charge in [-0.25, -0.2) is 0 Å². The van der Waals surface area contributed by atoms with Gasteiger partial charge in [-0.1, -0.05) is 133 Å². The van der Waals surface area contributed by atoms with E-state index >= 15 is 0 Å². The molecule has 0 bridgehead atoms. The third-order valence-corrected chi connectivity index (χ3v) is 15.5. The van der Waals surface area contributed by atoms with Gasteiger partial charge >= 0.3 is 0 Å². The summed E-state index contributed by atoms with van der Waals surface area (Å²) in [7, 11) is -2.26. The maximum atomic E-state index is 6.73. The molecule has 0 saturated heterocycles. The number of rotatable bonds is 11. The van der Waals surface area contributed by atoms with Gasteiger partial charge < -0.3 is 9.30 Å². The highest BCUT2D eigenvalue weighted by molar-refractivity contribution is 6.94. The number of ether oxygens (including phenoxy) is 1. The van der Waals surface area contributed by atoms with Crippen LogP contribution in [-0.2, 0) is 12.0 Å². The summed E-state index contributed by atoms with van der Waals surface area (Å²) in [5.74, 6) is 1.12. The number of fused-ring (bicyclic) bond motifs is 5. The van der Waals surface area contributed by atoms with Crippen molar-refractivity contribution in [2.75, 3.05) is 6.61 Å². The first kappa shape index (κ1) is 30.4. The lowest BCUT2D eigenvalue weighted by atomic mass is 9.85. The topological polar surface area (TPSA) is 14.2 Å². The molecular weight excluding hydrogens is 527 g/mol. The van der Waals surface area contributed by atoms with Crippen LogP contribution in [0.15, 0.2) is 67.3 Å². The maximum absolute atomic E-state index is 6.73. The molecule has 0 N–H and O–H groups in total. The summed E-state index contributed by atoms with van der Waals surface area (Å²) < 4.78 is 9.41. The number of benzene rings is 3. The zero-order valence-corrected chi connectivity index (χ0v) is 28.4. The molecule has 1 aromatic heterocycles. The van der Waals surface area contributed by atoms with Crippen molar-refractivity contribution >= 4 is 24.2 Å². The highest BCUT2D eigenvalue weighted by atomic mass is 28.3. The molecule has 5 rings (SSSR count). The van der Waals surface area contributed by atoms with Crippen LogP contribution in [0.4, 0.5) is 0 Å².